The van der Waals surface area contributed by atoms with E-state index < -0.39 is 0 Å². The quantitative estimate of drug-likeness (QED) is 0.439. The molecule has 0 amide bonds. The maximum Gasteiger partial charge on any atom is 0.191 e. The minimum atomic E-state index is 0.536. The molecule has 0 unspecified atom stereocenters. The predicted molar refractivity (Wildman–Crippen MR) is 102 cm³/mol. The monoisotopic (exact) mass is 343 g/mol. The molecule has 2 N–H and O–H groups in total. The van der Waals surface area contributed by atoms with Crippen LogP contribution in [0.2, 0.25) is 0 Å². The van der Waals surface area contributed by atoms with Gasteiger partial charge in [0.25, 0.3) is 0 Å². The van der Waals surface area contributed by atoms with Gasteiger partial charge in [-0.05, 0) is 36.6 Å². The van der Waals surface area contributed by atoms with E-state index in [0.29, 0.717) is 25.6 Å². The highest BCUT2D eigenvalue weighted by Gasteiger charge is 2.02. The van der Waals surface area contributed by atoms with Crippen LogP contribution in [-0.2, 0) is 13.6 Å². The van der Waals surface area contributed by atoms with Gasteiger partial charge in [-0.15, -0.1) is 0 Å². The van der Waals surface area contributed by atoms with E-state index in [0.717, 1.165) is 23.9 Å². The molecule has 0 saturated heterocycles. The molecule has 6 nitrogen and oxygen atoms in total. The van der Waals surface area contributed by atoms with Crippen LogP contribution >= 0.6 is 0 Å². The summed E-state index contributed by atoms with van der Waals surface area (Å²) < 4.78 is 7.61. The van der Waals surface area contributed by atoms with Crippen LogP contribution < -0.4 is 15.4 Å². The molecule has 136 valence electrons. The summed E-state index contributed by atoms with van der Waals surface area (Å²) in [6.45, 7) is 9.09. The molecule has 0 aliphatic heterocycles. The molecule has 2 aromatic rings. The molecule has 0 bridgehead atoms. The Morgan fingerprint density at radius 1 is 1.20 bits per heavy atom. The second-order valence-corrected chi connectivity index (χ2v) is 6.14. The maximum atomic E-state index is 5.78. The number of benzene rings is 1. The minimum absolute atomic E-state index is 0.536. The molecule has 0 atom stereocenters. The largest absolute Gasteiger partial charge is 0.492 e. The molecular formula is C19H29N5O. The number of hydrogen-bond donors (Lipinski definition) is 2. The molecule has 0 radical (unpaired) electrons. The lowest BCUT2D eigenvalue weighted by atomic mass is 10.0. The number of ether oxygens (including phenoxy) is 1. The number of nitrogens with one attached hydrogen (secondary N) is 2. The van der Waals surface area contributed by atoms with E-state index >= 15 is 0 Å². The molecule has 0 aliphatic rings. The molecule has 0 fully saturated rings. The van der Waals surface area contributed by atoms with Gasteiger partial charge in [0.1, 0.15) is 12.4 Å². The van der Waals surface area contributed by atoms with E-state index in [4.69, 9.17) is 4.74 Å². The number of rotatable bonds is 8. The number of hydrogen-bond acceptors (Lipinski definition) is 3. The van der Waals surface area contributed by atoms with Gasteiger partial charge >= 0.3 is 0 Å². The van der Waals surface area contributed by atoms with Gasteiger partial charge in [0.05, 0.1) is 18.8 Å². The van der Waals surface area contributed by atoms with Crippen molar-refractivity contribution in [1.29, 1.82) is 0 Å². The standard InChI is InChI=1S/C19H29N5O/c1-5-20-19(22-14-17-10-11-23-24(17)4)21-12-13-25-18-8-6-16(7-9-18)15(2)3/h6-11,15H,5,12-14H2,1-4H3,(H2,20,21,22). The summed E-state index contributed by atoms with van der Waals surface area (Å²) in [6, 6.07) is 10.3. The summed E-state index contributed by atoms with van der Waals surface area (Å²) in [5.41, 5.74) is 2.39. The lowest BCUT2D eigenvalue weighted by molar-refractivity contribution is 0.322. The van der Waals surface area contributed by atoms with Gasteiger partial charge in [-0.25, -0.2) is 4.99 Å². The number of guanidine groups is 1. The van der Waals surface area contributed by atoms with Crippen molar-refractivity contribution in [3.8, 4) is 5.75 Å². The molecule has 0 spiro atoms. The Labute approximate surface area is 150 Å². The number of nitrogens with zero attached hydrogens (tertiary/aromatic N) is 3. The molecule has 1 aromatic heterocycles. The summed E-state index contributed by atoms with van der Waals surface area (Å²) in [5.74, 6) is 2.21. The highest BCUT2D eigenvalue weighted by Crippen LogP contribution is 2.18. The van der Waals surface area contributed by atoms with Crippen LogP contribution in [0.3, 0.4) is 0 Å². The fraction of sp³-hybridized carbons (Fsp3) is 0.474. The van der Waals surface area contributed by atoms with E-state index in [2.05, 4.69) is 46.7 Å². The first kappa shape index (κ1) is 18.8. The first-order valence-electron chi connectivity index (χ1n) is 8.82. The highest BCUT2D eigenvalue weighted by atomic mass is 16.5. The van der Waals surface area contributed by atoms with Crippen LogP contribution in [0.5, 0.6) is 5.75 Å². The molecule has 0 saturated carbocycles. The smallest absolute Gasteiger partial charge is 0.191 e. The summed E-state index contributed by atoms with van der Waals surface area (Å²) in [7, 11) is 1.92. The van der Waals surface area contributed by atoms with Crippen LogP contribution in [0.15, 0.2) is 41.5 Å². The van der Waals surface area contributed by atoms with Gasteiger partial charge in [0.2, 0.25) is 0 Å². The van der Waals surface area contributed by atoms with Crippen molar-refractivity contribution in [2.45, 2.75) is 33.2 Å². The molecular weight excluding hydrogens is 314 g/mol. The lowest BCUT2D eigenvalue weighted by Crippen LogP contribution is -2.39. The molecule has 25 heavy (non-hydrogen) atoms. The highest BCUT2D eigenvalue weighted by molar-refractivity contribution is 5.79. The van der Waals surface area contributed by atoms with Crippen molar-refractivity contribution in [2.24, 2.45) is 12.0 Å². The Morgan fingerprint density at radius 2 is 1.96 bits per heavy atom. The SMILES string of the molecule is CCNC(=NCc1ccnn1C)NCCOc1ccc(C(C)C)cc1. The van der Waals surface area contributed by atoms with Crippen molar-refractivity contribution < 1.29 is 4.74 Å². The van der Waals surface area contributed by atoms with E-state index in [1.54, 1.807) is 6.20 Å². The Hall–Kier alpha value is -2.50. The van der Waals surface area contributed by atoms with Crippen molar-refractivity contribution in [2.75, 3.05) is 19.7 Å². The first-order valence-corrected chi connectivity index (χ1v) is 8.82. The maximum absolute atomic E-state index is 5.78. The number of aromatic nitrogens is 2. The summed E-state index contributed by atoms with van der Waals surface area (Å²) in [4.78, 5) is 4.57. The summed E-state index contributed by atoms with van der Waals surface area (Å²) in [6.07, 6.45) is 1.78. The Kier molecular flexibility index (Phi) is 7.32. The Bertz CT molecular complexity index is 661. The predicted octanol–water partition coefficient (Wildman–Crippen LogP) is 2.68. The van der Waals surface area contributed by atoms with Crippen molar-refractivity contribution in [3.05, 3.63) is 47.8 Å². The third-order valence-corrected chi connectivity index (χ3v) is 3.88. The summed E-state index contributed by atoms with van der Waals surface area (Å²) >= 11 is 0. The normalized spacial score (nSPS) is 11.6. The number of aliphatic imine (C=N–C) groups is 1. The fourth-order valence-electron chi connectivity index (χ4n) is 2.35. The van der Waals surface area contributed by atoms with Crippen LogP contribution in [0.25, 0.3) is 0 Å². The van der Waals surface area contributed by atoms with Crippen LogP contribution in [0, 0.1) is 0 Å². The topological polar surface area (TPSA) is 63.5 Å². The average molecular weight is 343 g/mol. The van der Waals surface area contributed by atoms with E-state index in [1.165, 1.54) is 5.56 Å². The van der Waals surface area contributed by atoms with Gasteiger partial charge in [-0.1, -0.05) is 26.0 Å². The average Bonchev–Trinajstić information content (AvgIpc) is 3.02. The van der Waals surface area contributed by atoms with Gasteiger partial charge < -0.3 is 15.4 Å². The Balaban J connectivity index is 1.78. The molecule has 2 rings (SSSR count). The molecule has 0 aliphatic carbocycles. The van der Waals surface area contributed by atoms with Gasteiger partial charge in [0.15, 0.2) is 5.96 Å². The second kappa shape index (κ2) is 9.71. The van der Waals surface area contributed by atoms with Crippen LogP contribution in [0.4, 0.5) is 0 Å². The van der Waals surface area contributed by atoms with Crippen molar-refractivity contribution >= 4 is 5.96 Å². The van der Waals surface area contributed by atoms with E-state index in [9.17, 15) is 0 Å². The Morgan fingerprint density at radius 3 is 2.56 bits per heavy atom. The third kappa shape index (κ3) is 6.14. The molecule has 1 aromatic carbocycles. The van der Waals surface area contributed by atoms with Crippen molar-refractivity contribution in [3.63, 3.8) is 0 Å². The fourth-order valence-corrected chi connectivity index (χ4v) is 2.35. The van der Waals surface area contributed by atoms with Crippen LogP contribution in [-0.4, -0.2) is 35.4 Å². The number of aryl methyl sites for hydroxylation is 1. The zero-order valence-electron chi connectivity index (χ0n) is 15.6. The van der Waals surface area contributed by atoms with Gasteiger partial charge in [-0.3, -0.25) is 4.68 Å². The first-order chi connectivity index (χ1) is 12.1. The van der Waals surface area contributed by atoms with Crippen molar-refractivity contribution in [1.82, 2.24) is 20.4 Å². The minimum Gasteiger partial charge on any atom is -0.492 e. The zero-order valence-corrected chi connectivity index (χ0v) is 15.6. The molecule has 1 heterocycles. The van der Waals surface area contributed by atoms with Gasteiger partial charge in [0, 0.05) is 19.8 Å². The zero-order chi connectivity index (χ0) is 18.1. The van der Waals surface area contributed by atoms with Gasteiger partial charge in [-0.2, -0.15) is 5.10 Å². The van der Waals surface area contributed by atoms with E-state index in [1.807, 2.05) is 36.9 Å². The van der Waals surface area contributed by atoms with E-state index in [-0.39, 0.29) is 0 Å². The lowest BCUT2D eigenvalue weighted by Gasteiger charge is -2.12. The van der Waals surface area contributed by atoms with Crippen LogP contribution in [0.1, 0.15) is 37.9 Å². The summed E-state index contributed by atoms with van der Waals surface area (Å²) in [5, 5.41) is 10.7. The molecule has 6 heteroatoms. The third-order valence-electron chi connectivity index (χ3n) is 3.88. The second-order valence-electron chi connectivity index (χ2n) is 6.14.